The fraction of sp³-hybridized carbons (Fsp3) is 0.554. The molecule has 0 aliphatic carbocycles. The third-order valence-corrected chi connectivity index (χ3v) is 14.6. The fourth-order valence-electron chi connectivity index (χ4n) is 10.1. The van der Waals surface area contributed by atoms with Crippen LogP contribution in [-0.2, 0) is 35.2 Å². The summed E-state index contributed by atoms with van der Waals surface area (Å²) < 4.78 is 5.95. The number of rotatable bonds is 19. The van der Waals surface area contributed by atoms with Crippen molar-refractivity contribution in [2.45, 2.75) is 145 Å². The second-order valence-electron chi connectivity index (χ2n) is 20.7. The van der Waals surface area contributed by atoms with Crippen molar-refractivity contribution in [3.05, 3.63) is 90.0 Å². The molecular weight excluding hydrogens is 1010 g/mol. The molecule has 0 radical (unpaired) electrons. The van der Waals surface area contributed by atoms with Gasteiger partial charge in [0.1, 0.15) is 42.0 Å². The molecular formula is C56H79N9O13. The Morgan fingerprint density at radius 1 is 0.769 bits per heavy atom. The summed E-state index contributed by atoms with van der Waals surface area (Å²) in [7, 11) is 0. The number of unbranched alkanes of at least 4 members (excludes halogenated alkanes) is 5. The molecule has 6 rings (SSSR count). The van der Waals surface area contributed by atoms with Crippen LogP contribution in [0.1, 0.15) is 88.1 Å². The molecule has 78 heavy (non-hydrogen) atoms. The van der Waals surface area contributed by atoms with E-state index in [1.165, 1.54) is 32.6 Å². The van der Waals surface area contributed by atoms with Gasteiger partial charge in [-0.2, -0.15) is 0 Å². The Kier molecular flexibility index (Phi) is 22.9. The summed E-state index contributed by atoms with van der Waals surface area (Å²) in [6.45, 7) is 3.99. The molecule has 0 aromatic heterocycles. The third kappa shape index (κ3) is 16.3. The number of fused-ring (bicyclic) bond motifs is 2. The molecule has 3 aliphatic rings. The van der Waals surface area contributed by atoms with E-state index in [4.69, 9.17) is 10.5 Å². The largest absolute Gasteiger partial charge is 0.494 e. The summed E-state index contributed by atoms with van der Waals surface area (Å²) in [5.41, 5.74) is 8.24. The molecule has 3 aromatic rings. The van der Waals surface area contributed by atoms with Gasteiger partial charge in [-0.3, -0.25) is 33.6 Å². The van der Waals surface area contributed by atoms with Crippen LogP contribution in [0.15, 0.2) is 78.9 Å². The molecule has 0 spiro atoms. The minimum Gasteiger partial charge on any atom is -0.494 e. The van der Waals surface area contributed by atoms with Crippen molar-refractivity contribution in [2.75, 3.05) is 45.9 Å². The number of ether oxygens (including phenoxy) is 1. The minimum absolute atomic E-state index is 0.101. The van der Waals surface area contributed by atoms with Gasteiger partial charge in [0.2, 0.25) is 35.4 Å². The van der Waals surface area contributed by atoms with Crippen molar-refractivity contribution in [1.82, 2.24) is 41.7 Å². The summed E-state index contributed by atoms with van der Waals surface area (Å²) in [6.07, 6.45) is 0.0717. The molecule has 3 fully saturated rings. The first-order valence-electron chi connectivity index (χ1n) is 27.2. The van der Waals surface area contributed by atoms with Crippen LogP contribution in [0.2, 0.25) is 0 Å². The van der Waals surface area contributed by atoms with E-state index in [-0.39, 0.29) is 51.0 Å². The molecule has 3 aliphatic heterocycles. The summed E-state index contributed by atoms with van der Waals surface area (Å²) in [4.78, 5) is 102. The first-order chi connectivity index (χ1) is 37.4. The summed E-state index contributed by atoms with van der Waals surface area (Å²) in [5.74, 6) is -6.53. The van der Waals surface area contributed by atoms with Crippen molar-refractivity contribution < 1.29 is 63.8 Å². The predicted molar refractivity (Wildman–Crippen MR) is 288 cm³/mol. The molecule has 3 heterocycles. The molecule has 7 amide bonds. The van der Waals surface area contributed by atoms with Crippen molar-refractivity contribution in [1.29, 1.82) is 0 Å². The summed E-state index contributed by atoms with van der Waals surface area (Å²) in [6, 6.07) is 11.9. The monoisotopic (exact) mass is 1090 g/mol. The first-order valence-corrected chi connectivity index (χ1v) is 27.2. The van der Waals surface area contributed by atoms with Crippen molar-refractivity contribution in [3.63, 3.8) is 0 Å². The van der Waals surface area contributed by atoms with Gasteiger partial charge in [0.05, 0.1) is 37.6 Å². The Morgan fingerprint density at radius 2 is 1.42 bits per heavy atom. The lowest BCUT2D eigenvalue weighted by atomic mass is 10.00. The molecule has 22 nitrogen and oxygen atoms in total. The van der Waals surface area contributed by atoms with E-state index >= 15 is 0 Å². The van der Waals surface area contributed by atoms with Gasteiger partial charge in [0.25, 0.3) is 5.91 Å². The number of nitrogens with one attached hydrogen (secondary N) is 6. The minimum atomic E-state index is -1.85. The molecule has 13 N–H and O–H groups in total. The van der Waals surface area contributed by atoms with Gasteiger partial charge in [-0.15, -0.1) is 0 Å². The lowest BCUT2D eigenvalue weighted by molar-refractivity contribution is -0.146. The van der Waals surface area contributed by atoms with Gasteiger partial charge in [0, 0.05) is 63.1 Å². The number of carbonyl (C=O) groups is 7. The Hall–Kier alpha value is -6.53. The summed E-state index contributed by atoms with van der Waals surface area (Å²) in [5, 5.41) is 71.6. The number of nitrogens with two attached hydrogens (primary N) is 1. The molecule has 12 unspecified atom stereocenters. The van der Waals surface area contributed by atoms with Crippen molar-refractivity contribution in [3.8, 4) is 16.9 Å². The van der Waals surface area contributed by atoms with Crippen LogP contribution in [0, 0.1) is 5.92 Å². The topological polar surface area (TPSA) is 335 Å². The zero-order valence-corrected chi connectivity index (χ0v) is 44.7. The predicted octanol–water partition coefficient (Wildman–Crippen LogP) is -0.771. The molecule has 0 saturated carbocycles. The van der Waals surface area contributed by atoms with Crippen LogP contribution >= 0.6 is 0 Å². The number of aliphatic hydroxyl groups is 5. The number of carbonyl (C=O) groups excluding carboxylic acids is 7. The van der Waals surface area contributed by atoms with Gasteiger partial charge in [0.15, 0.2) is 0 Å². The van der Waals surface area contributed by atoms with Crippen LogP contribution in [-0.4, -0.2) is 189 Å². The highest BCUT2D eigenvalue weighted by Crippen LogP contribution is 2.27. The summed E-state index contributed by atoms with van der Waals surface area (Å²) >= 11 is 0. The highest BCUT2D eigenvalue weighted by Gasteiger charge is 2.48. The standard InChI is InChI=1S/C56H79N9O13/c1-4-5-6-7-8-12-25-78-41-21-19-37(20-22-41)36-15-17-38(18-16-36)50(71)60-42-27-39(58-24-23-57)29-59-54(75)48-49(70)33(2)30-65(48)55(76)43(32-66)61-53(74)47(45(69)26-35-13-10-9-11-14-35)63-52(73)44-28-40(68)31-64(44)56(77)46(34(3)67)62-51(42)72/h9-11,13-22,33-34,39-40,42-49,58,66-70H,4-8,12,23-32,57H2,1-3H3,(H,59,75)(H,60,71)(H,61,74)(H,62,72)(H,63,73). The van der Waals surface area contributed by atoms with Crippen molar-refractivity contribution >= 4 is 41.4 Å². The highest BCUT2D eigenvalue weighted by atomic mass is 16.5. The highest BCUT2D eigenvalue weighted by molar-refractivity contribution is 6.00. The van der Waals surface area contributed by atoms with Crippen LogP contribution in [0.5, 0.6) is 5.75 Å². The molecule has 22 heteroatoms. The first kappa shape index (κ1) is 60.7. The van der Waals surface area contributed by atoms with Gasteiger partial charge in [-0.1, -0.05) is 101 Å². The maximum absolute atomic E-state index is 14.6. The lowest BCUT2D eigenvalue weighted by Gasteiger charge is -2.32. The zero-order chi connectivity index (χ0) is 56.5. The van der Waals surface area contributed by atoms with E-state index < -0.39 is 127 Å². The van der Waals surface area contributed by atoms with E-state index in [1.54, 1.807) is 61.5 Å². The average Bonchev–Trinajstić information content (AvgIpc) is 3.99. The number of hydrogen-bond acceptors (Lipinski definition) is 15. The maximum atomic E-state index is 14.6. The zero-order valence-electron chi connectivity index (χ0n) is 44.7. The maximum Gasteiger partial charge on any atom is 0.251 e. The number of hydrogen-bond donors (Lipinski definition) is 12. The fourth-order valence-corrected chi connectivity index (χ4v) is 10.1. The molecule has 12 atom stereocenters. The van der Waals surface area contributed by atoms with Crippen LogP contribution in [0.4, 0.5) is 0 Å². The molecule has 3 saturated heterocycles. The quantitative estimate of drug-likeness (QED) is 0.0656. The molecule has 426 valence electrons. The van der Waals surface area contributed by atoms with E-state index in [0.29, 0.717) is 12.2 Å². The Balaban J connectivity index is 1.30. The molecule has 3 aromatic carbocycles. The van der Waals surface area contributed by atoms with Crippen LogP contribution in [0.3, 0.4) is 0 Å². The van der Waals surface area contributed by atoms with E-state index in [2.05, 4.69) is 38.8 Å². The van der Waals surface area contributed by atoms with Gasteiger partial charge < -0.3 is 77.7 Å². The van der Waals surface area contributed by atoms with Crippen LogP contribution < -0.4 is 42.4 Å². The third-order valence-electron chi connectivity index (χ3n) is 14.6. The van der Waals surface area contributed by atoms with E-state index in [9.17, 15) is 59.1 Å². The van der Waals surface area contributed by atoms with Gasteiger partial charge in [-0.25, -0.2) is 0 Å². The normalized spacial score (nSPS) is 26.6. The smallest absolute Gasteiger partial charge is 0.251 e. The van der Waals surface area contributed by atoms with E-state index in [1.807, 2.05) is 24.3 Å². The Labute approximate surface area is 455 Å². The lowest BCUT2D eigenvalue weighted by Crippen LogP contribution is -2.63. The van der Waals surface area contributed by atoms with Gasteiger partial charge >= 0.3 is 0 Å². The Morgan fingerprint density at radius 3 is 2.08 bits per heavy atom. The van der Waals surface area contributed by atoms with Gasteiger partial charge in [-0.05, 0) is 60.7 Å². The number of amides is 7. The Bertz CT molecular complexity index is 2470. The number of benzene rings is 3. The second kappa shape index (κ2) is 29.4. The number of nitrogens with zero attached hydrogens (tertiary/aromatic N) is 2. The SMILES string of the molecule is CCCCCCCCOc1ccc(-c2ccc(C(=O)NC3CC(NCCN)CNC(=O)C4C(O)C(C)CN4C(=O)C(CO)NC(=O)C(C(O)Cc4ccccc4)NC(=O)C4CC(O)CN4C(=O)C(C(C)O)NC3=O)cc2)cc1. The van der Waals surface area contributed by atoms with Crippen LogP contribution in [0.25, 0.3) is 11.1 Å². The second-order valence-corrected chi connectivity index (χ2v) is 20.7. The van der Waals surface area contributed by atoms with Crippen molar-refractivity contribution in [2.24, 2.45) is 11.7 Å². The molecule has 0 bridgehead atoms. The van der Waals surface area contributed by atoms with E-state index in [0.717, 1.165) is 39.5 Å². The average molecular weight is 1090 g/mol. The number of aliphatic hydroxyl groups excluding tert-OH is 5.